The lowest BCUT2D eigenvalue weighted by Gasteiger charge is -2.37. The van der Waals surface area contributed by atoms with Crippen LogP contribution in [0.25, 0.3) is 0 Å². The van der Waals surface area contributed by atoms with E-state index in [1.807, 2.05) is 13.0 Å². The average molecular weight is 276 g/mol. The standard InChI is InChI=1S/C14H20N4O2/c1-9-5-13(17-4-3-12(20)8-17)16-14(15-9)11-6-18(7-11)10(2)19/h5,11-12,20H,3-4,6-8H2,1-2H3. The molecule has 6 heteroatoms. The lowest BCUT2D eigenvalue weighted by Crippen LogP contribution is -2.48. The Kier molecular flexibility index (Phi) is 3.33. The summed E-state index contributed by atoms with van der Waals surface area (Å²) in [6, 6.07) is 1.96. The normalized spacial score (nSPS) is 23.1. The summed E-state index contributed by atoms with van der Waals surface area (Å²) in [7, 11) is 0. The third kappa shape index (κ3) is 2.47. The predicted octanol–water partition coefficient (Wildman–Crippen LogP) is 0.302. The van der Waals surface area contributed by atoms with Gasteiger partial charge in [-0.15, -0.1) is 0 Å². The van der Waals surface area contributed by atoms with Gasteiger partial charge < -0.3 is 14.9 Å². The molecule has 2 fully saturated rings. The largest absolute Gasteiger partial charge is 0.391 e. The zero-order chi connectivity index (χ0) is 14.3. The van der Waals surface area contributed by atoms with Crippen molar-refractivity contribution in [3.8, 4) is 0 Å². The fraction of sp³-hybridized carbons (Fsp3) is 0.643. The van der Waals surface area contributed by atoms with E-state index in [1.165, 1.54) is 0 Å². The minimum atomic E-state index is -0.259. The number of amides is 1. The second-order valence-corrected chi connectivity index (χ2v) is 5.74. The summed E-state index contributed by atoms with van der Waals surface area (Å²) in [6.45, 7) is 6.44. The van der Waals surface area contributed by atoms with Gasteiger partial charge in [0, 0.05) is 44.9 Å². The number of carbonyl (C=O) groups excluding carboxylic acids is 1. The van der Waals surface area contributed by atoms with Gasteiger partial charge in [-0.05, 0) is 13.3 Å². The van der Waals surface area contributed by atoms with Gasteiger partial charge in [-0.3, -0.25) is 4.79 Å². The Morgan fingerprint density at radius 2 is 2.10 bits per heavy atom. The summed E-state index contributed by atoms with van der Waals surface area (Å²) in [5.41, 5.74) is 0.938. The number of aliphatic hydroxyl groups is 1. The molecule has 3 rings (SSSR count). The molecule has 0 spiro atoms. The third-order valence-electron chi connectivity index (χ3n) is 4.04. The van der Waals surface area contributed by atoms with Crippen LogP contribution in [0, 0.1) is 6.92 Å². The predicted molar refractivity (Wildman–Crippen MR) is 74.6 cm³/mol. The van der Waals surface area contributed by atoms with Gasteiger partial charge in [0.15, 0.2) is 0 Å². The first kappa shape index (κ1) is 13.3. The summed E-state index contributed by atoms with van der Waals surface area (Å²) >= 11 is 0. The first-order chi connectivity index (χ1) is 9.52. The van der Waals surface area contributed by atoms with Crippen molar-refractivity contribution in [3.63, 3.8) is 0 Å². The van der Waals surface area contributed by atoms with Gasteiger partial charge in [-0.25, -0.2) is 9.97 Å². The number of aromatic nitrogens is 2. The minimum Gasteiger partial charge on any atom is -0.391 e. The van der Waals surface area contributed by atoms with E-state index in [2.05, 4.69) is 14.9 Å². The molecule has 0 saturated carbocycles. The van der Waals surface area contributed by atoms with Gasteiger partial charge in [-0.2, -0.15) is 0 Å². The Balaban J connectivity index is 1.76. The summed E-state index contributed by atoms with van der Waals surface area (Å²) in [4.78, 5) is 24.3. The van der Waals surface area contributed by atoms with Crippen LogP contribution in [0.1, 0.15) is 30.8 Å². The smallest absolute Gasteiger partial charge is 0.219 e. The Morgan fingerprint density at radius 1 is 1.35 bits per heavy atom. The van der Waals surface area contributed by atoms with Crippen LogP contribution in [0.3, 0.4) is 0 Å². The molecule has 0 aliphatic carbocycles. The van der Waals surface area contributed by atoms with Crippen LogP contribution in [0.15, 0.2) is 6.07 Å². The van der Waals surface area contributed by atoms with Crippen LogP contribution in [-0.4, -0.2) is 58.2 Å². The molecule has 0 radical (unpaired) electrons. The number of nitrogens with zero attached hydrogens (tertiary/aromatic N) is 4. The van der Waals surface area contributed by atoms with E-state index in [0.29, 0.717) is 19.6 Å². The maximum Gasteiger partial charge on any atom is 0.219 e. The maximum absolute atomic E-state index is 11.2. The van der Waals surface area contributed by atoms with Crippen molar-refractivity contribution in [1.29, 1.82) is 0 Å². The Bertz CT molecular complexity index is 528. The van der Waals surface area contributed by atoms with Gasteiger partial charge in [0.25, 0.3) is 0 Å². The minimum absolute atomic E-state index is 0.108. The van der Waals surface area contributed by atoms with Crippen molar-refractivity contribution in [1.82, 2.24) is 14.9 Å². The molecule has 20 heavy (non-hydrogen) atoms. The maximum atomic E-state index is 11.2. The van der Waals surface area contributed by atoms with E-state index in [-0.39, 0.29) is 17.9 Å². The molecular weight excluding hydrogens is 256 g/mol. The van der Waals surface area contributed by atoms with Crippen molar-refractivity contribution < 1.29 is 9.90 Å². The monoisotopic (exact) mass is 276 g/mol. The number of hydrogen-bond donors (Lipinski definition) is 1. The van der Waals surface area contributed by atoms with E-state index < -0.39 is 0 Å². The fourth-order valence-electron chi connectivity index (χ4n) is 2.77. The van der Waals surface area contributed by atoms with Crippen molar-refractivity contribution in [2.24, 2.45) is 0 Å². The summed E-state index contributed by atoms with van der Waals surface area (Å²) < 4.78 is 0. The lowest BCUT2D eigenvalue weighted by atomic mass is 9.99. The molecule has 1 aromatic heterocycles. The number of hydrogen-bond acceptors (Lipinski definition) is 5. The van der Waals surface area contributed by atoms with Crippen LogP contribution in [0.2, 0.25) is 0 Å². The summed E-state index contributed by atoms with van der Waals surface area (Å²) in [5.74, 6) is 2.06. The zero-order valence-corrected chi connectivity index (χ0v) is 11.9. The number of anilines is 1. The van der Waals surface area contributed by atoms with Crippen LogP contribution < -0.4 is 4.90 Å². The molecule has 1 unspecified atom stereocenters. The molecule has 6 nitrogen and oxygen atoms in total. The molecule has 0 bridgehead atoms. The fourth-order valence-corrected chi connectivity index (χ4v) is 2.77. The second kappa shape index (κ2) is 5.01. The topological polar surface area (TPSA) is 69.6 Å². The van der Waals surface area contributed by atoms with Crippen molar-refractivity contribution in [3.05, 3.63) is 17.6 Å². The van der Waals surface area contributed by atoms with Crippen LogP contribution in [0.5, 0.6) is 0 Å². The van der Waals surface area contributed by atoms with Crippen LogP contribution in [-0.2, 0) is 4.79 Å². The van der Waals surface area contributed by atoms with Gasteiger partial charge in [0.05, 0.1) is 12.0 Å². The van der Waals surface area contributed by atoms with E-state index >= 15 is 0 Å². The van der Waals surface area contributed by atoms with Gasteiger partial charge in [0.2, 0.25) is 5.91 Å². The van der Waals surface area contributed by atoms with Crippen molar-refractivity contribution in [2.45, 2.75) is 32.3 Å². The van der Waals surface area contributed by atoms with Crippen LogP contribution >= 0.6 is 0 Å². The van der Waals surface area contributed by atoms with E-state index in [1.54, 1.807) is 11.8 Å². The molecule has 2 saturated heterocycles. The molecule has 1 N–H and O–H groups in total. The highest BCUT2D eigenvalue weighted by molar-refractivity contribution is 5.74. The van der Waals surface area contributed by atoms with Gasteiger partial charge in [-0.1, -0.05) is 0 Å². The quantitative estimate of drug-likeness (QED) is 0.841. The van der Waals surface area contributed by atoms with Gasteiger partial charge >= 0.3 is 0 Å². The van der Waals surface area contributed by atoms with E-state index in [0.717, 1.165) is 30.3 Å². The van der Waals surface area contributed by atoms with E-state index in [9.17, 15) is 9.90 Å². The number of rotatable bonds is 2. The number of aryl methyl sites for hydroxylation is 1. The van der Waals surface area contributed by atoms with Crippen molar-refractivity contribution >= 4 is 11.7 Å². The first-order valence-corrected chi connectivity index (χ1v) is 7.07. The van der Waals surface area contributed by atoms with E-state index in [4.69, 9.17) is 0 Å². The number of β-amino-alcohol motifs (C(OH)–C–C–N with tert-alkyl or cyclic N) is 1. The average Bonchev–Trinajstić information content (AvgIpc) is 2.72. The van der Waals surface area contributed by atoms with Crippen molar-refractivity contribution in [2.75, 3.05) is 31.1 Å². The van der Waals surface area contributed by atoms with Gasteiger partial charge in [0.1, 0.15) is 11.6 Å². The number of carbonyl (C=O) groups is 1. The molecule has 3 heterocycles. The molecule has 1 aromatic rings. The second-order valence-electron chi connectivity index (χ2n) is 5.74. The highest BCUT2D eigenvalue weighted by Gasteiger charge is 2.32. The first-order valence-electron chi connectivity index (χ1n) is 7.07. The zero-order valence-electron chi connectivity index (χ0n) is 11.9. The molecule has 2 aliphatic rings. The molecule has 1 atom stereocenters. The Labute approximate surface area is 118 Å². The Morgan fingerprint density at radius 3 is 2.70 bits per heavy atom. The SMILES string of the molecule is CC(=O)N1CC(c2nc(C)cc(N3CCC(O)C3)n2)C1. The third-order valence-corrected chi connectivity index (χ3v) is 4.04. The summed E-state index contributed by atoms with van der Waals surface area (Å²) in [5, 5.41) is 9.63. The molecule has 2 aliphatic heterocycles. The molecule has 0 aromatic carbocycles. The molecule has 108 valence electrons. The Hall–Kier alpha value is -1.69. The number of aliphatic hydroxyl groups excluding tert-OH is 1. The highest BCUT2D eigenvalue weighted by atomic mass is 16.3. The molecule has 1 amide bonds. The summed E-state index contributed by atoms with van der Waals surface area (Å²) in [6.07, 6.45) is 0.533. The molecular formula is C14H20N4O2. The van der Waals surface area contributed by atoms with Crippen LogP contribution in [0.4, 0.5) is 5.82 Å². The number of likely N-dealkylation sites (tertiary alicyclic amines) is 1. The lowest BCUT2D eigenvalue weighted by molar-refractivity contribution is -0.133. The highest BCUT2D eigenvalue weighted by Crippen LogP contribution is 2.27.